The molecule has 1 saturated carbocycles. The molecular weight excluding hydrogens is 286 g/mol. The Kier molecular flexibility index (Phi) is 3.87. The van der Waals surface area contributed by atoms with E-state index in [2.05, 4.69) is 12.2 Å². The molecule has 104 valence electrons. The molecule has 0 aliphatic heterocycles. The summed E-state index contributed by atoms with van der Waals surface area (Å²) in [6.07, 6.45) is 1.13. The lowest BCUT2D eigenvalue weighted by Gasteiger charge is -2.07. The molecule has 2 unspecified atom stereocenters. The monoisotopic (exact) mass is 301 g/mol. The predicted octanol–water partition coefficient (Wildman–Crippen LogP) is 2.31. The van der Waals surface area contributed by atoms with Gasteiger partial charge in [0.2, 0.25) is 0 Å². The van der Waals surface area contributed by atoms with Crippen molar-refractivity contribution in [1.82, 2.24) is 5.32 Å². The molecule has 2 rings (SSSR count). The zero-order valence-electron chi connectivity index (χ0n) is 10.8. The molecule has 1 aliphatic rings. The predicted molar refractivity (Wildman–Crippen MR) is 73.8 cm³/mol. The minimum Gasteiger partial charge on any atom is -0.352 e. The van der Waals surface area contributed by atoms with Crippen LogP contribution in [0.25, 0.3) is 0 Å². The van der Waals surface area contributed by atoms with Gasteiger partial charge in [-0.2, -0.15) is 0 Å². The van der Waals surface area contributed by atoms with Crippen LogP contribution in [0.4, 0.5) is 0 Å². The summed E-state index contributed by atoms with van der Waals surface area (Å²) in [5.74, 6) is 0.948. The summed E-state index contributed by atoms with van der Waals surface area (Å²) < 4.78 is 22.8. The lowest BCUT2D eigenvalue weighted by Crippen LogP contribution is -2.26. The molecule has 0 saturated heterocycles. The highest BCUT2D eigenvalue weighted by molar-refractivity contribution is 8.13. The molecule has 1 fully saturated rings. The summed E-state index contributed by atoms with van der Waals surface area (Å²) in [7, 11) is 1.51. The Morgan fingerprint density at radius 1 is 1.47 bits per heavy atom. The zero-order valence-corrected chi connectivity index (χ0v) is 12.4. The number of nitrogens with one attached hydrogen (secondary N) is 1. The molecule has 0 bridgehead atoms. The number of carbonyl (C=O) groups excluding carboxylic acids is 1. The van der Waals surface area contributed by atoms with Gasteiger partial charge in [-0.05, 0) is 42.9 Å². The maximum absolute atomic E-state index is 11.9. The highest BCUT2D eigenvalue weighted by atomic mass is 35.7. The summed E-state index contributed by atoms with van der Waals surface area (Å²) in [5, 5.41) is 2.81. The van der Waals surface area contributed by atoms with E-state index in [1.807, 2.05) is 0 Å². The molecule has 1 N–H and O–H groups in total. The second-order valence-corrected chi connectivity index (χ2v) is 7.64. The van der Waals surface area contributed by atoms with Crippen LogP contribution in [-0.4, -0.2) is 20.9 Å². The number of aryl methyl sites for hydroxylation is 1. The molecular formula is C13H16ClNO3S. The Labute approximate surface area is 117 Å². The van der Waals surface area contributed by atoms with Gasteiger partial charge in [0.05, 0.1) is 4.90 Å². The van der Waals surface area contributed by atoms with Crippen LogP contribution in [-0.2, 0) is 9.05 Å². The van der Waals surface area contributed by atoms with Gasteiger partial charge in [0, 0.05) is 22.8 Å². The lowest BCUT2D eigenvalue weighted by molar-refractivity contribution is 0.0951. The van der Waals surface area contributed by atoms with Crippen molar-refractivity contribution in [1.29, 1.82) is 0 Å². The van der Waals surface area contributed by atoms with E-state index in [9.17, 15) is 13.2 Å². The number of hydrogen-bond donors (Lipinski definition) is 1. The maximum Gasteiger partial charge on any atom is 0.261 e. The molecule has 6 heteroatoms. The number of hydrogen-bond acceptors (Lipinski definition) is 3. The molecule has 0 spiro atoms. The Morgan fingerprint density at radius 2 is 2.11 bits per heavy atom. The van der Waals surface area contributed by atoms with Crippen molar-refractivity contribution in [3.63, 3.8) is 0 Å². The topological polar surface area (TPSA) is 63.2 Å². The number of amides is 1. The summed E-state index contributed by atoms with van der Waals surface area (Å²) in [4.78, 5) is 11.9. The fraction of sp³-hybridized carbons (Fsp3) is 0.462. The van der Waals surface area contributed by atoms with Crippen LogP contribution in [0.3, 0.4) is 0 Å². The smallest absolute Gasteiger partial charge is 0.261 e. The Balaban J connectivity index is 2.14. The largest absolute Gasteiger partial charge is 0.352 e. The van der Waals surface area contributed by atoms with Crippen LogP contribution >= 0.6 is 10.7 Å². The molecule has 1 aliphatic carbocycles. The average Bonchev–Trinajstić information content (AvgIpc) is 3.01. The average molecular weight is 302 g/mol. The fourth-order valence-corrected chi connectivity index (χ4v) is 3.23. The van der Waals surface area contributed by atoms with Crippen molar-refractivity contribution in [2.45, 2.75) is 25.2 Å². The zero-order chi connectivity index (χ0) is 14.2. The van der Waals surface area contributed by atoms with E-state index >= 15 is 0 Å². The number of carbonyl (C=O) groups is 1. The van der Waals surface area contributed by atoms with Crippen LogP contribution in [0.2, 0.25) is 0 Å². The third-order valence-corrected chi connectivity index (χ3v) is 4.98. The lowest BCUT2D eigenvalue weighted by atomic mass is 10.1. The normalized spacial score (nSPS) is 22.1. The van der Waals surface area contributed by atoms with Crippen LogP contribution in [0.1, 0.15) is 29.3 Å². The highest BCUT2D eigenvalue weighted by Gasteiger charge is 2.32. The quantitative estimate of drug-likeness (QED) is 0.868. The molecule has 19 heavy (non-hydrogen) atoms. The molecule has 1 aromatic rings. The molecule has 4 nitrogen and oxygen atoms in total. The van der Waals surface area contributed by atoms with E-state index in [0.717, 1.165) is 6.42 Å². The number of benzene rings is 1. The van der Waals surface area contributed by atoms with Crippen molar-refractivity contribution in [3.8, 4) is 0 Å². The highest BCUT2D eigenvalue weighted by Crippen LogP contribution is 2.36. The van der Waals surface area contributed by atoms with Gasteiger partial charge in [0.25, 0.3) is 15.0 Å². The van der Waals surface area contributed by atoms with E-state index in [0.29, 0.717) is 29.5 Å². The first kappa shape index (κ1) is 14.3. The third kappa shape index (κ3) is 3.48. The van der Waals surface area contributed by atoms with E-state index in [4.69, 9.17) is 10.7 Å². The van der Waals surface area contributed by atoms with Gasteiger partial charge < -0.3 is 5.32 Å². The van der Waals surface area contributed by atoms with Gasteiger partial charge in [0.1, 0.15) is 0 Å². The second kappa shape index (κ2) is 5.13. The van der Waals surface area contributed by atoms with E-state index in [1.54, 1.807) is 19.1 Å². The van der Waals surface area contributed by atoms with Gasteiger partial charge in [-0.15, -0.1) is 0 Å². The first-order valence-electron chi connectivity index (χ1n) is 6.12. The summed E-state index contributed by atoms with van der Waals surface area (Å²) >= 11 is 0. The molecule has 2 atom stereocenters. The van der Waals surface area contributed by atoms with Gasteiger partial charge in [-0.1, -0.05) is 13.0 Å². The minimum absolute atomic E-state index is 0.0124. The van der Waals surface area contributed by atoms with Crippen LogP contribution < -0.4 is 5.32 Å². The van der Waals surface area contributed by atoms with E-state index in [-0.39, 0.29) is 10.8 Å². The van der Waals surface area contributed by atoms with Crippen LogP contribution in [0, 0.1) is 18.8 Å². The van der Waals surface area contributed by atoms with Crippen molar-refractivity contribution < 1.29 is 13.2 Å². The van der Waals surface area contributed by atoms with Gasteiger partial charge >= 0.3 is 0 Å². The van der Waals surface area contributed by atoms with Crippen LogP contribution in [0.15, 0.2) is 23.1 Å². The van der Waals surface area contributed by atoms with E-state index < -0.39 is 9.05 Å². The Bertz CT molecular complexity index is 612. The molecule has 0 heterocycles. The number of rotatable bonds is 4. The summed E-state index contributed by atoms with van der Waals surface area (Å²) in [5.41, 5.74) is 0.848. The van der Waals surface area contributed by atoms with Gasteiger partial charge in [-0.25, -0.2) is 8.42 Å². The molecule has 0 radical (unpaired) electrons. The van der Waals surface area contributed by atoms with Crippen molar-refractivity contribution in [2.24, 2.45) is 11.8 Å². The van der Waals surface area contributed by atoms with Gasteiger partial charge in [0.15, 0.2) is 0 Å². The minimum atomic E-state index is -3.82. The second-order valence-electron chi connectivity index (χ2n) is 5.10. The number of halogens is 1. The maximum atomic E-state index is 11.9. The first-order chi connectivity index (χ1) is 8.79. The van der Waals surface area contributed by atoms with Gasteiger partial charge in [-0.3, -0.25) is 4.79 Å². The molecule has 1 amide bonds. The molecule has 1 aromatic carbocycles. The third-order valence-electron chi connectivity index (χ3n) is 3.51. The summed E-state index contributed by atoms with van der Waals surface area (Å²) in [6.45, 7) is 4.42. The molecule has 0 aromatic heterocycles. The standard InChI is InChI=1S/C13H16ClNO3S/c1-8-3-4-10(6-12(8)19(14,17)18)13(16)15-7-11-5-9(11)2/h3-4,6,9,11H,5,7H2,1-2H3,(H,15,16). The van der Waals surface area contributed by atoms with Crippen molar-refractivity contribution in [3.05, 3.63) is 29.3 Å². The Morgan fingerprint density at radius 3 is 2.63 bits per heavy atom. The van der Waals surface area contributed by atoms with Crippen molar-refractivity contribution in [2.75, 3.05) is 6.54 Å². The van der Waals surface area contributed by atoms with Crippen molar-refractivity contribution >= 4 is 25.6 Å². The SMILES string of the molecule is Cc1ccc(C(=O)NCC2CC2C)cc1S(=O)(=O)Cl. The van der Waals surface area contributed by atoms with E-state index in [1.165, 1.54) is 6.07 Å². The van der Waals surface area contributed by atoms with Crippen LogP contribution in [0.5, 0.6) is 0 Å². The summed E-state index contributed by atoms with van der Waals surface area (Å²) in [6, 6.07) is 4.51. The Hall–Kier alpha value is -1.07. The fourth-order valence-electron chi connectivity index (χ4n) is 2.01. The first-order valence-corrected chi connectivity index (χ1v) is 8.43.